The zero-order valence-electron chi connectivity index (χ0n) is 10.4. The fourth-order valence-corrected chi connectivity index (χ4v) is 2.27. The fraction of sp³-hybridized carbons (Fsp3) is 0.462. The highest BCUT2D eigenvalue weighted by molar-refractivity contribution is 9.09. The lowest BCUT2D eigenvalue weighted by Gasteiger charge is -2.31. The van der Waals surface area contributed by atoms with E-state index in [1.165, 1.54) is 12.1 Å². The van der Waals surface area contributed by atoms with Gasteiger partial charge in [0.15, 0.2) is 0 Å². The second-order valence-electron chi connectivity index (χ2n) is 4.57. The van der Waals surface area contributed by atoms with E-state index in [2.05, 4.69) is 21.2 Å². The Morgan fingerprint density at radius 3 is 2.79 bits per heavy atom. The Morgan fingerprint density at radius 1 is 1.47 bits per heavy atom. The lowest BCUT2D eigenvalue weighted by molar-refractivity contribution is -0.113. The number of carbonyl (C=O) groups excluding carboxylic acids is 1. The highest BCUT2D eigenvalue weighted by atomic mass is 79.9. The summed E-state index contributed by atoms with van der Waals surface area (Å²) in [6.07, 6.45) is 0.977. The van der Waals surface area contributed by atoms with Crippen molar-refractivity contribution in [2.24, 2.45) is 0 Å². The van der Waals surface area contributed by atoms with Gasteiger partial charge in [0.1, 0.15) is 5.82 Å². The molecule has 0 radical (unpaired) electrons. The monoisotopic (exact) mass is 330 g/mol. The summed E-state index contributed by atoms with van der Waals surface area (Å²) in [5.41, 5.74) is 1.05. The molecule has 1 aliphatic heterocycles. The Labute approximate surface area is 119 Å². The van der Waals surface area contributed by atoms with Gasteiger partial charge in [-0.1, -0.05) is 15.9 Å². The number of aliphatic hydroxyl groups is 1. The van der Waals surface area contributed by atoms with Crippen LogP contribution in [0.3, 0.4) is 0 Å². The van der Waals surface area contributed by atoms with Gasteiger partial charge < -0.3 is 15.3 Å². The zero-order valence-corrected chi connectivity index (χ0v) is 12.0. The number of hydrogen-bond acceptors (Lipinski definition) is 3. The molecule has 1 aliphatic rings. The first-order valence-electron chi connectivity index (χ1n) is 6.18. The number of piperidine rings is 1. The van der Waals surface area contributed by atoms with E-state index in [1.807, 2.05) is 4.90 Å². The molecule has 1 heterocycles. The highest BCUT2D eigenvalue weighted by Gasteiger charge is 2.20. The molecule has 2 N–H and O–H groups in total. The van der Waals surface area contributed by atoms with Crippen molar-refractivity contribution in [2.75, 3.05) is 28.6 Å². The maximum absolute atomic E-state index is 13.8. The van der Waals surface area contributed by atoms with Crippen molar-refractivity contribution in [3.8, 4) is 0 Å². The molecule has 0 bridgehead atoms. The van der Waals surface area contributed by atoms with E-state index in [9.17, 15) is 14.3 Å². The van der Waals surface area contributed by atoms with Crippen molar-refractivity contribution in [1.82, 2.24) is 0 Å². The van der Waals surface area contributed by atoms with Crippen LogP contribution >= 0.6 is 15.9 Å². The van der Waals surface area contributed by atoms with E-state index in [4.69, 9.17) is 0 Å². The minimum Gasteiger partial charge on any atom is -0.393 e. The SMILES string of the molecule is O=C(CBr)Nc1ccc(F)c(N2CCC(O)CC2)c1. The number of amides is 1. The lowest BCUT2D eigenvalue weighted by Crippen LogP contribution is -2.36. The number of nitrogens with zero attached hydrogens (tertiary/aromatic N) is 1. The molecule has 0 aromatic heterocycles. The van der Waals surface area contributed by atoms with Gasteiger partial charge in [-0.25, -0.2) is 4.39 Å². The predicted octanol–water partition coefficient (Wildman–Crippen LogP) is 2.12. The van der Waals surface area contributed by atoms with Crippen LogP contribution in [0.2, 0.25) is 0 Å². The normalized spacial score (nSPS) is 16.5. The number of nitrogens with one attached hydrogen (secondary N) is 1. The van der Waals surface area contributed by atoms with Crippen molar-refractivity contribution in [1.29, 1.82) is 0 Å². The number of carbonyl (C=O) groups is 1. The smallest absolute Gasteiger partial charge is 0.235 e. The van der Waals surface area contributed by atoms with Gasteiger partial charge >= 0.3 is 0 Å². The second kappa shape index (κ2) is 6.34. The summed E-state index contributed by atoms with van der Waals surface area (Å²) in [5, 5.41) is 12.3. The minimum absolute atomic E-state index is 0.174. The molecule has 0 saturated carbocycles. The van der Waals surface area contributed by atoms with E-state index >= 15 is 0 Å². The van der Waals surface area contributed by atoms with Gasteiger partial charge in [0.25, 0.3) is 0 Å². The maximum Gasteiger partial charge on any atom is 0.235 e. The van der Waals surface area contributed by atoms with Crippen LogP contribution in [0, 0.1) is 5.82 Å². The van der Waals surface area contributed by atoms with Crippen LogP contribution in [-0.2, 0) is 4.79 Å². The molecule has 4 nitrogen and oxygen atoms in total. The number of rotatable bonds is 3. The van der Waals surface area contributed by atoms with Crippen molar-refractivity contribution in [2.45, 2.75) is 18.9 Å². The van der Waals surface area contributed by atoms with Crippen LogP contribution in [-0.4, -0.2) is 35.5 Å². The Balaban J connectivity index is 2.15. The molecule has 6 heteroatoms. The van der Waals surface area contributed by atoms with Gasteiger partial charge in [-0.3, -0.25) is 4.79 Å². The third-order valence-electron chi connectivity index (χ3n) is 3.16. The molecular weight excluding hydrogens is 315 g/mol. The van der Waals surface area contributed by atoms with Crippen molar-refractivity contribution in [3.05, 3.63) is 24.0 Å². The molecular formula is C13H16BrFN2O2. The number of anilines is 2. The van der Waals surface area contributed by atoms with E-state index in [0.29, 0.717) is 37.3 Å². The maximum atomic E-state index is 13.8. The summed E-state index contributed by atoms with van der Waals surface area (Å²) in [5.74, 6) is -0.486. The first kappa shape index (κ1) is 14.3. The van der Waals surface area contributed by atoms with Gasteiger partial charge in [0, 0.05) is 18.8 Å². The number of hydrogen-bond donors (Lipinski definition) is 2. The van der Waals surface area contributed by atoms with Crippen LogP contribution in [0.25, 0.3) is 0 Å². The summed E-state index contributed by atoms with van der Waals surface area (Å²) >= 11 is 3.06. The summed E-state index contributed by atoms with van der Waals surface area (Å²) in [4.78, 5) is 13.2. The van der Waals surface area contributed by atoms with Gasteiger partial charge in [-0.05, 0) is 31.0 Å². The largest absolute Gasteiger partial charge is 0.393 e. The molecule has 0 atom stereocenters. The third kappa shape index (κ3) is 3.67. The molecule has 1 fully saturated rings. The van der Waals surface area contributed by atoms with Gasteiger partial charge in [-0.2, -0.15) is 0 Å². The molecule has 1 aromatic carbocycles. The molecule has 1 amide bonds. The molecule has 1 saturated heterocycles. The van der Waals surface area contributed by atoms with Gasteiger partial charge in [0.05, 0.1) is 17.1 Å². The van der Waals surface area contributed by atoms with Crippen molar-refractivity contribution >= 4 is 33.2 Å². The Hall–Kier alpha value is -1.14. The summed E-state index contributed by atoms with van der Waals surface area (Å²) in [6, 6.07) is 4.52. The number of benzene rings is 1. The summed E-state index contributed by atoms with van der Waals surface area (Å²) in [6.45, 7) is 1.24. The minimum atomic E-state index is -0.312. The number of halogens is 2. The van der Waals surface area contributed by atoms with Gasteiger partial charge in [-0.15, -0.1) is 0 Å². The molecule has 0 unspecified atom stereocenters. The number of alkyl halides is 1. The summed E-state index contributed by atoms with van der Waals surface area (Å²) < 4.78 is 13.8. The van der Waals surface area contributed by atoms with Gasteiger partial charge in [0.2, 0.25) is 5.91 Å². The topological polar surface area (TPSA) is 52.6 Å². The Morgan fingerprint density at radius 2 is 2.16 bits per heavy atom. The lowest BCUT2D eigenvalue weighted by atomic mass is 10.1. The highest BCUT2D eigenvalue weighted by Crippen LogP contribution is 2.26. The van der Waals surface area contributed by atoms with E-state index < -0.39 is 0 Å². The predicted molar refractivity (Wildman–Crippen MR) is 76.3 cm³/mol. The molecule has 0 aliphatic carbocycles. The Kier molecular flexibility index (Phi) is 4.76. The molecule has 2 rings (SSSR count). The standard InChI is InChI=1S/C13H16BrFN2O2/c14-8-13(19)16-9-1-2-11(15)12(7-9)17-5-3-10(18)4-6-17/h1-2,7,10,18H,3-6,8H2,(H,16,19). The molecule has 104 valence electrons. The Bertz CT molecular complexity index is 462. The fourth-order valence-electron chi connectivity index (χ4n) is 2.13. The van der Waals surface area contributed by atoms with Crippen molar-refractivity contribution < 1.29 is 14.3 Å². The first-order chi connectivity index (χ1) is 9.10. The van der Waals surface area contributed by atoms with Crippen molar-refractivity contribution in [3.63, 3.8) is 0 Å². The second-order valence-corrected chi connectivity index (χ2v) is 5.13. The average molecular weight is 331 g/mol. The van der Waals surface area contributed by atoms with Crippen LogP contribution < -0.4 is 10.2 Å². The first-order valence-corrected chi connectivity index (χ1v) is 7.30. The third-order valence-corrected chi connectivity index (χ3v) is 3.67. The van der Waals surface area contributed by atoms with Crippen LogP contribution in [0.5, 0.6) is 0 Å². The molecule has 0 spiro atoms. The zero-order chi connectivity index (χ0) is 13.8. The molecule has 19 heavy (non-hydrogen) atoms. The van der Waals surface area contributed by atoms with E-state index in [1.54, 1.807) is 6.07 Å². The average Bonchev–Trinajstić information content (AvgIpc) is 2.42. The van der Waals surface area contributed by atoms with E-state index in [0.717, 1.165) is 0 Å². The van der Waals surface area contributed by atoms with E-state index in [-0.39, 0.29) is 23.2 Å². The number of aliphatic hydroxyl groups excluding tert-OH is 1. The van der Waals surface area contributed by atoms with Crippen LogP contribution in [0.4, 0.5) is 15.8 Å². The van der Waals surface area contributed by atoms with Crippen LogP contribution in [0.1, 0.15) is 12.8 Å². The summed E-state index contributed by atoms with van der Waals surface area (Å²) in [7, 11) is 0. The van der Waals surface area contributed by atoms with Crippen LogP contribution in [0.15, 0.2) is 18.2 Å². The molecule has 1 aromatic rings. The quantitative estimate of drug-likeness (QED) is 0.835.